The van der Waals surface area contributed by atoms with Gasteiger partial charge in [-0.25, -0.2) is 0 Å². The topological polar surface area (TPSA) is 91.1 Å². The summed E-state index contributed by atoms with van der Waals surface area (Å²) in [5.74, 6) is 3.98. The Bertz CT molecular complexity index is 943. The molecule has 0 atom stereocenters. The number of nitrogens with zero attached hydrogens (tertiary/aromatic N) is 2. The van der Waals surface area contributed by atoms with Gasteiger partial charge in [-0.15, -0.1) is 0 Å². The number of anilines is 1. The summed E-state index contributed by atoms with van der Waals surface area (Å²) in [7, 11) is 2.82. The first-order valence-electron chi connectivity index (χ1n) is 10.6. The second-order valence-electron chi connectivity index (χ2n) is 7.18. The molecular formula is C23H28N2O6S2. The monoisotopic (exact) mass is 492 g/mol. The van der Waals surface area contributed by atoms with Crippen LogP contribution in [0.1, 0.15) is 15.9 Å². The van der Waals surface area contributed by atoms with Crippen molar-refractivity contribution in [1.82, 2.24) is 0 Å². The Morgan fingerprint density at radius 2 is 1.55 bits per heavy atom. The van der Waals surface area contributed by atoms with E-state index in [9.17, 15) is 14.9 Å². The van der Waals surface area contributed by atoms with Crippen LogP contribution in [0.5, 0.6) is 11.5 Å². The average Bonchev–Trinajstić information content (AvgIpc) is 2.83. The van der Waals surface area contributed by atoms with E-state index in [1.54, 1.807) is 12.1 Å². The fourth-order valence-electron chi connectivity index (χ4n) is 3.44. The van der Waals surface area contributed by atoms with Crippen LogP contribution in [0.4, 0.5) is 11.4 Å². The highest BCUT2D eigenvalue weighted by atomic mass is 32.2. The van der Waals surface area contributed by atoms with Crippen molar-refractivity contribution in [3.05, 3.63) is 57.6 Å². The number of carbonyl (C=O) groups excluding carboxylic acids is 1. The highest BCUT2D eigenvalue weighted by Gasteiger charge is 2.25. The van der Waals surface area contributed by atoms with Crippen molar-refractivity contribution < 1.29 is 23.9 Å². The maximum atomic E-state index is 13.1. The predicted molar refractivity (Wildman–Crippen MR) is 134 cm³/mol. The van der Waals surface area contributed by atoms with Crippen molar-refractivity contribution >= 4 is 40.7 Å². The number of ketones is 1. The first kappa shape index (κ1) is 25.2. The van der Waals surface area contributed by atoms with Gasteiger partial charge in [0.05, 0.1) is 38.4 Å². The number of benzene rings is 2. The molecule has 1 fully saturated rings. The van der Waals surface area contributed by atoms with Gasteiger partial charge < -0.3 is 19.1 Å². The summed E-state index contributed by atoms with van der Waals surface area (Å²) in [5.41, 5.74) is 1.06. The highest BCUT2D eigenvalue weighted by Crippen LogP contribution is 2.35. The van der Waals surface area contributed by atoms with Gasteiger partial charge in [-0.2, -0.15) is 23.5 Å². The summed E-state index contributed by atoms with van der Waals surface area (Å²) in [5, 5.41) is 11.6. The lowest BCUT2D eigenvalue weighted by Crippen LogP contribution is -2.29. The highest BCUT2D eigenvalue weighted by molar-refractivity contribution is 7.99. The van der Waals surface area contributed by atoms with E-state index < -0.39 is 10.7 Å². The Morgan fingerprint density at radius 3 is 2.09 bits per heavy atom. The Labute approximate surface area is 202 Å². The van der Waals surface area contributed by atoms with Gasteiger partial charge in [-0.1, -0.05) is 0 Å². The molecule has 33 heavy (non-hydrogen) atoms. The minimum absolute atomic E-state index is 0.0354. The van der Waals surface area contributed by atoms with Crippen LogP contribution >= 0.6 is 23.5 Å². The van der Waals surface area contributed by atoms with Gasteiger partial charge in [-0.3, -0.25) is 14.9 Å². The van der Waals surface area contributed by atoms with Crippen molar-refractivity contribution in [3.63, 3.8) is 0 Å². The summed E-state index contributed by atoms with van der Waals surface area (Å²) in [4.78, 5) is 26.5. The minimum Gasteiger partial charge on any atom is -0.493 e. The number of hydrogen-bond donors (Lipinski definition) is 0. The largest absolute Gasteiger partial charge is 0.493 e. The second-order valence-corrected chi connectivity index (χ2v) is 9.63. The van der Waals surface area contributed by atoms with Crippen molar-refractivity contribution in [1.29, 1.82) is 0 Å². The third kappa shape index (κ3) is 6.78. The second kappa shape index (κ2) is 12.7. The van der Waals surface area contributed by atoms with E-state index in [0.717, 1.165) is 55.0 Å². The molecule has 0 radical (unpaired) electrons. The molecule has 1 heterocycles. The Balaban J connectivity index is 1.81. The quantitative estimate of drug-likeness (QED) is 0.335. The van der Waals surface area contributed by atoms with Crippen LogP contribution in [0.25, 0.3) is 0 Å². The zero-order valence-corrected chi connectivity index (χ0v) is 20.4. The van der Waals surface area contributed by atoms with Crippen LogP contribution in [0.2, 0.25) is 0 Å². The van der Waals surface area contributed by atoms with E-state index in [1.165, 1.54) is 26.4 Å². The number of thioether (sulfide) groups is 2. The van der Waals surface area contributed by atoms with E-state index in [0.29, 0.717) is 5.56 Å². The van der Waals surface area contributed by atoms with E-state index in [1.807, 2.05) is 35.7 Å². The first-order chi connectivity index (χ1) is 16.0. The van der Waals surface area contributed by atoms with Gasteiger partial charge >= 0.3 is 0 Å². The molecule has 1 saturated heterocycles. The number of nitro benzene ring substituents is 1. The molecule has 2 aromatic carbocycles. The molecule has 0 aromatic heterocycles. The molecule has 0 aliphatic carbocycles. The maximum absolute atomic E-state index is 13.1. The third-order valence-electron chi connectivity index (χ3n) is 5.19. The minimum atomic E-state index is -0.583. The lowest BCUT2D eigenvalue weighted by atomic mass is 10.0. The summed E-state index contributed by atoms with van der Waals surface area (Å²) >= 11 is 3.74. The van der Waals surface area contributed by atoms with Gasteiger partial charge in [0.1, 0.15) is 5.56 Å². The summed E-state index contributed by atoms with van der Waals surface area (Å²) in [6.07, 6.45) is 0. The smallest absolute Gasteiger partial charge is 0.284 e. The summed E-state index contributed by atoms with van der Waals surface area (Å²) in [6.45, 7) is 3.37. The summed E-state index contributed by atoms with van der Waals surface area (Å²) < 4.78 is 16.0. The Kier molecular flexibility index (Phi) is 9.71. The number of rotatable bonds is 6. The molecule has 0 bridgehead atoms. The van der Waals surface area contributed by atoms with Crippen LogP contribution < -0.4 is 14.4 Å². The lowest BCUT2D eigenvalue weighted by molar-refractivity contribution is -0.385. The van der Waals surface area contributed by atoms with Crippen molar-refractivity contribution in [3.8, 4) is 11.5 Å². The molecule has 0 saturated carbocycles. The Hall–Kier alpha value is -2.43. The van der Waals surface area contributed by atoms with Crippen LogP contribution in [0.3, 0.4) is 0 Å². The van der Waals surface area contributed by atoms with E-state index in [-0.39, 0.29) is 22.7 Å². The molecule has 2 aromatic rings. The molecule has 0 unspecified atom stereocenters. The van der Waals surface area contributed by atoms with E-state index >= 15 is 0 Å². The van der Waals surface area contributed by atoms with Gasteiger partial charge in [0.15, 0.2) is 17.3 Å². The van der Waals surface area contributed by atoms with Crippen LogP contribution in [0, 0.1) is 10.1 Å². The summed E-state index contributed by atoms with van der Waals surface area (Å²) in [6, 6.07) is 9.85. The molecule has 8 nitrogen and oxygen atoms in total. The Morgan fingerprint density at radius 1 is 0.970 bits per heavy atom. The van der Waals surface area contributed by atoms with E-state index in [4.69, 9.17) is 14.2 Å². The number of carbonyl (C=O) groups is 1. The van der Waals surface area contributed by atoms with Crippen LogP contribution in [-0.4, -0.2) is 74.2 Å². The van der Waals surface area contributed by atoms with Crippen molar-refractivity contribution in [2.75, 3.05) is 68.4 Å². The number of hydrogen-bond acceptors (Lipinski definition) is 9. The van der Waals surface area contributed by atoms with Gasteiger partial charge in [-0.05, 0) is 24.3 Å². The normalized spacial score (nSPS) is 15.8. The molecule has 0 spiro atoms. The average molecular weight is 493 g/mol. The zero-order chi connectivity index (χ0) is 23.6. The molecule has 1 aliphatic heterocycles. The molecule has 178 valence electrons. The van der Waals surface area contributed by atoms with Crippen molar-refractivity contribution in [2.45, 2.75) is 0 Å². The predicted octanol–water partition coefficient (Wildman–Crippen LogP) is 4.15. The fourth-order valence-corrected chi connectivity index (χ4v) is 5.02. The SMILES string of the molecule is COc1cc(C(=O)c2ccc(N3CCSCCOCCSCC3)cc2)c([N+](=O)[O-])cc1OC. The molecule has 3 rings (SSSR count). The third-order valence-corrected chi connectivity index (χ3v) is 7.05. The number of nitro groups is 1. The lowest BCUT2D eigenvalue weighted by Gasteiger charge is -2.25. The standard InChI is InChI=1S/C23H28N2O6S2/c1-29-21-15-19(20(25(27)28)16-22(21)30-2)23(26)17-3-5-18(6-4-17)24-7-11-32-13-9-31-10-14-33-12-8-24/h3-6,15-16H,7-14H2,1-2H3. The fraction of sp³-hybridized carbons (Fsp3) is 0.435. The van der Waals surface area contributed by atoms with Crippen LogP contribution in [-0.2, 0) is 4.74 Å². The molecular weight excluding hydrogens is 464 g/mol. The number of methoxy groups -OCH3 is 2. The first-order valence-corrected chi connectivity index (χ1v) is 12.9. The molecule has 0 amide bonds. The van der Waals surface area contributed by atoms with E-state index in [2.05, 4.69) is 4.90 Å². The van der Waals surface area contributed by atoms with Gasteiger partial charge in [0.2, 0.25) is 0 Å². The van der Waals surface area contributed by atoms with Gasteiger partial charge in [0.25, 0.3) is 5.69 Å². The molecule has 10 heteroatoms. The molecule has 1 aliphatic rings. The van der Waals surface area contributed by atoms with Crippen LogP contribution in [0.15, 0.2) is 36.4 Å². The maximum Gasteiger partial charge on any atom is 0.284 e. The number of ether oxygens (including phenoxy) is 3. The van der Waals surface area contributed by atoms with Crippen molar-refractivity contribution in [2.24, 2.45) is 0 Å². The molecule has 0 N–H and O–H groups in total. The zero-order valence-electron chi connectivity index (χ0n) is 18.8. The van der Waals surface area contributed by atoms with Gasteiger partial charge in [0, 0.05) is 53.4 Å².